The van der Waals surface area contributed by atoms with Gasteiger partial charge >= 0.3 is 0 Å². The molecule has 0 unspecified atom stereocenters. The van der Waals surface area contributed by atoms with Crippen LogP contribution in [-0.2, 0) is 17.8 Å². The van der Waals surface area contributed by atoms with Gasteiger partial charge in [0.2, 0.25) is 5.91 Å². The Morgan fingerprint density at radius 3 is 2.52 bits per heavy atom. The van der Waals surface area contributed by atoms with Crippen molar-refractivity contribution in [2.75, 3.05) is 6.61 Å². The zero-order valence-corrected chi connectivity index (χ0v) is 19.3. The van der Waals surface area contributed by atoms with Crippen molar-refractivity contribution in [1.29, 1.82) is 0 Å². The first-order valence-electron chi connectivity index (χ1n) is 9.74. The van der Waals surface area contributed by atoms with Crippen molar-refractivity contribution in [2.45, 2.75) is 20.0 Å². The van der Waals surface area contributed by atoms with Crippen LogP contribution in [0.2, 0.25) is 5.02 Å². The molecule has 3 aromatic rings. The van der Waals surface area contributed by atoms with E-state index in [0.29, 0.717) is 29.7 Å². The molecule has 0 atom stereocenters. The predicted molar refractivity (Wildman–Crippen MR) is 127 cm³/mol. The highest BCUT2D eigenvalue weighted by Gasteiger charge is 2.12. The highest BCUT2D eigenvalue weighted by molar-refractivity contribution is 9.10. The van der Waals surface area contributed by atoms with Crippen LogP contribution in [0.4, 0.5) is 0 Å². The Morgan fingerprint density at radius 1 is 1.06 bits per heavy atom. The molecule has 7 heteroatoms. The lowest BCUT2D eigenvalue weighted by Crippen LogP contribution is -2.19. The Labute approximate surface area is 195 Å². The largest absolute Gasteiger partial charge is 0.490 e. The lowest BCUT2D eigenvalue weighted by molar-refractivity contribution is -0.120. The molecule has 1 amide bonds. The van der Waals surface area contributed by atoms with Gasteiger partial charge in [-0.1, -0.05) is 54.1 Å². The van der Waals surface area contributed by atoms with Crippen molar-refractivity contribution < 1.29 is 14.3 Å². The topological polar surface area (TPSA) is 59.9 Å². The third kappa shape index (κ3) is 7.12. The summed E-state index contributed by atoms with van der Waals surface area (Å²) in [7, 11) is 0. The summed E-state index contributed by atoms with van der Waals surface area (Å²) in [6.07, 6.45) is 1.84. The fourth-order valence-electron chi connectivity index (χ4n) is 2.80. The molecule has 0 bridgehead atoms. The number of hydrazone groups is 1. The fraction of sp³-hybridized carbons (Fsp3) is 0.167. The average Bonchev–Trinajstić information content (AvgIpc) is 2.75. The quantitative estimate of drug-likeness (QED) is 0.299. The Hall–Kier alpha value is -2.83. The monoisotopic (exact) mass is 500 g/mol. The van der Waals surface area contributed by atoms with E-state index in [2.05, 4.69) is 26.5 Å². The Morgan fingerprint density at radius 2 is 1.81 bits per heavy atom. The van der Waals surface area contributed by atoms with Crippen LogP contribution in [-0.4, -0.2) is 18.7 Å². The maximum Gasteiger partial charge on any atom is 0.244 e. The van der Waals surface area contributed by atoms with E-state index in [4.69, 9.17) is 21.1 Å². The Kier molecular flexibility index (Phi) is 8.50. The summed E-state index contributed by atoms with van der Waals surface area (Å²) in [5, 5.41) is 4.74. The number of carbonyl (C=O) groups excluding carboxylic acids is 1. The number of rotatable bonds is 9. The van der Waals surface area contributed by atoms with Gasteiger partial charge in [0.1, 0.15) is 6.61 Å². The van der Waals surface area contributed by atoms with Gasteiger partial charge in [-0.15, -0.1) is 0 Å². The predicted octanol–water partition coefficient (Wildman–Crippen LogP) is 5.77. The first-order chi connectivity index (χ1) is 15.0. The maximum atomic E-state index is 12.0. The summed E-state index contributed by atoms with van der Waals surface area (Å²) in [5.74, 6) is 0.999. The number of benzene rings is 3. The molecule has 0 radical (unpaired) electrons. The summed E-state index contributed by atoms with van der Waals surface area (Å²) in [6, 6.07) is 20.7. The van der Waals surface area contributed by atoms with Crippen LogP contribution < -0.4 is 14.9 Å². The van der Waals surface area contributed by atoms with E-state index >= 15 is 0 Å². The van der Waals surface area contributed by atoms with Gasteiger partial charge in [-0.3, -0.25) is 4.79 Å². The number of ether oxygens (including phenoxy) is 2. The summed E-state index contributed by atoms with van der Waals surface area (Å²) < 4.78 is 12.5. The van der Waals surface area contributed by atoms with Crippen LogP contribution in [0.3, 0.4) is 0 Å². The van der Waals surface area contributed by atoms with E-state index in [-0.39, 0.29) is 12.3 Å². The smallest absolute Gasteiger partial charge is 0.244 e. The van der Waals surface area contributed by atoms with Crippen LogP contribution in [0, 0.1) is 0 Å². The molecule has 3 aromatic carbocycles. The van der Waals surface area contributed by atoms with Gasteiger partial charge in [0.25, 0.3) is 0 Å². The molecule has 160 valence electrons. The van der Waals surface area contributed by atoms with Gasteiger partial charge in [0, 0.05) is 5.02 Å². The lowest BCUT2D eigenvalue weighted by Gasteiger charge is -2.14. The van der Waals surface area contributed by atoms with Gasteiger partial charge in [-0.2, -0.15) is 5.10 Å². The second kappa shape index (κ2) is 11.5. The number of hydrogen-bond donors (Lipinski definition) is 1. The number of hydrogen-bond acceptors (Lipinski definition) is 4. The molecule has 0 spiro atoms. The van der Waals surface area contributed by atoms with Crippen LogP contribution in [0.5, 0.6) is 11.5 Å². The van der Waals surface area contributed by atoms with Gasteiger partial charge in [-0.25, -0.2) is 5.43 Å². The second-order valence-corrected chi connectivity index (χ2v) is 7.92. The molecule has 0 aliphatic rings. The number of nitrogens with one attached hydrogen (secondary N) is 1. The third-order valence-corrected chi connectivity index (χ3v) is 5.08. The lowest BCUT2D eigenvalue weighted by atomic mass is 10.1. The van der Waals surface area contributed by atoms with Crippen LogP contribution in [0.15, 0.2) is 76.3 Å². The first-order valence-corrected chi connectivity index (χ1v) is 10.9. The van der Waals surface area contributed by atoms with Gasteiger partial charge in [-0.05, 0) is 63.8 Å². The van der Waals surface area contributed by atoms with Crippen molar-refractivity contribution in [3.8, 4) is 11.5 Å². The van der Waals surface area contributed by atoms with Crippen molar-refractivity contribution >= 4 is 39.7 Å². The van der Waals surface area contributed by atoms with Crippen molar-refractivity contribution in [1.82, 2.24) is 5.43 Å². The van der Waals surface area contributed by atoms with E-state index < -0.39 is 0 Å². The SMILES string of the molecule is CCOc1cc(/C=N/NC(=O)Cc2ccccc2)cc(Br)c1OCc1ccc(Cl)cc1. The summed E-state index contributed by atoms with van der Waals surface area (Å²) in [6.45, 7) is 2.76. The average molecular weight is 502 g/mol. The molecule has 5 nitrogen and oxygen atoms in total. The second-order valence-electron chi connectivity index (χ2n) is 6.63. The molecule has 0 saturated heterocycles. The van der Waals surface area contributed by atoms with E-state index in [0.717, 1.165) is 21.2 Å². The maximum absolute atomic E-state index is 12.0. The molecule has 3 rings (SSSR count). The number of amides is 1. The molecular weight excluding hydrogens is 480 g/mol. The summed E-state index contributed by atoms with van der Waals surface area (Å²) in [4.78, 5) is 12.0. The third-order valence-electron chi connectivity index (χ3n) is 4.24. The standard InChI is InChI=1S/C24H22BrClN2O3/c1-2-30-22-13-19(15-27-28-23(29)14-17-6-4-3-5-7-17)12-21(25)24(22)31-16-18-8-10-20(26)11-9-18/h3-13,15H,2,14,16H2,1H3,(H,28,29)/b27-15+. The minimum Gasteiger partial charge on any atom is -0.490 e. The molecule has 31 heavy (non-hydrogen) atoms. The molecule has 0 aromatic heterocycles. The number of nitrogens with zero attached hydrogens (tertiary/aromatic N) is 1. The number of carbonyl (C=O) groups is 1. The Balaban J connectivity index is 1.66. The molecule has 0 heterocycles. The van der Waals surface area contributed by atoms with Gasteiger partial charge in [0.15, 0.2) is 11.5 Å². The van der Waals surface area contributed by atoms with Crippen LogP contribution in [0.1, 0.15) is 23.6 Å². The zero-order valence-electron chi connectivity index (χ0n) is 17.0. The number of halogens is 2. The first kappa shape index (κ1) is 22.8. The van der Waals surface area contributed by atoms with Crippen molar-refractivity contribution in [3.05, 3.63) is 92.9 Å². The van der Waals surface area contributed by atoms with E-state index in [1.54, 1.807) is 6.21 Å². The molecular formula is C24H22BrClN2O3. The molecule has 0 aliphatic heterocycles. The van der Waals surface area contributed by atoms with E-state index in [1.807, 2.05) is 73.7 Å². The van der Waals surface area contributed by atoms with E-state index in [1.165, 1.54) is 0 Å². The normalized spacial score (nSPS) is 10.8. The van der Waals surface area contributed by atoms with Crippen LogP contribution >= 0.6 is 27.5 Å². The van der Waals surface area contributed by atoms with Gasteiger partial charge < -0.3 is 9.47 Å². The molecule has 0 aliphatic carbocycles. The highest BCUT2D eigenvalue weighted by Crippen LogP contribution is 2.37. The minimum absolute atomic E-state index is 0.186. The highest BCUT2D eigenvalue weighted by atomic mass is 79.9. The Bertz CT molecular complexity index is 1040. The molecule has 0 fully saturated rings. The van der Waals surface area contributed by atoms with Crippen LogP contribution in [0.25, 0.3) is 0 Å². The summed E-state index contributed by atoms with van der Waals surface area (Å²) >= 11 is 9.48. The summed E-state index contributed by atoms with van der Waals surface area (Å²) in [5.41, 5.74) is 5.23. The molecule has 1 N–H and O–H groups in total. The molecule has 0 saturated carbocycles. The fourth-order valence-corrected chi connectivity index (χ4v) is 3.50. The van der Waals surface area contributed by atoms with Crippen molar-refractivity contribution in [3.63, 3.8) is 0 Å². The van der Waals surface area contributed by atoms with Gasteiger partial charge in [0.05, 0.1) is 23.7 Å². The van der Waals surface area contributed by atoms with Crippen molar-refractivity contribution in [2.24, 2.45) is 5.10 Å². The van der Waals surface area contributed by atoms with E-state index in [9.17, 15) is 4.79 Å². The zero-order chi connectivity index (χ0) is 22.1. The minimum atomic E-state index is -0.186.